The van der Waals surface area contributed by atoms with Crippen LogP contribution in [0.1, 0.15) is 27.0 Å². The average molecular weight is 272 g/mol. The molecule has 4 heteroatoms. The van der Waals surface area contributed by atoms with E-state index in [9.17, 15) is 9.18 Å². The molecule has 20 heavy (non-hydrogen) atoms. The van der Waals surface area contributed by atoms with Crippen molar-refractivity contribution in [3.05, 3.63) is 58.4 Å². The van der Waals surface area contributed by atoms with Gasteiger partial charge in [-0.15, -0.1) is 0 Å². The second kappa shape index (κ2) is 5.33. The number of carbonyl (C=O) groups is 1. The van der Waals surface area contributed by atoms with E-state index in [4.69, 9.17) is 5.73 Å². The lowest BCUT2D eigenvalue weighted by molar-refractivity contribution is 0.102. The van der Waals surface area contributed by atoms with Crippen molar-refractivity contribution in [2.45, 2.75) is 20.8 Å². The van der Waals surface area contributed by atoms with Crippen LogP contribution in [0.4, 0.5) is 15.8 Å². The van der Waals surface area contributed by atoms with Gasteiger partial charge in [0.2, 0.25) is 0 Å². The van der Waals surface area contributed by atoms with Gasteiger partial charge in [0, 0.05) is 11.4 Å². The van der Waals surface area contributed by atoms with Gasteiger partial charge in [0.25, 0.3) is 5.91 Å². The number of nitrogens with one attached hydrogen (secondary N) is 1. The molecule has 0 aromatic heterocycles. The van der Waals surface area contributed by atoms with Gasteiger partial charge in [0.15, 0.2) is 0 Å². The van der Waals surface area contributed by atoms with Crippen molar-refractivity contribution >= 4 is 17.3 Å². The van der Waals surface area contributed by atoms with Gasteiger partial charge in [-0.2, -0.15) is 0 Å². The first-order chi connectivity index (χ1) is 9.38. The van der Waals surface area contributed by atoms with Gasteiger partial charge in [0.1, 0.15) is 5.82 Å². The second-order valence-electron chi connectivity index (χ2n) is 4.97. The number of hydrogen-bond donors (Lipinski definition) is 2. The summed E-state index contributed by atoms with van der Waals surface area (Å²) in [5.41, 5.74) is 9.63. The van der Waals surface area contributed by atoms with E-state index in [-0.39, 0.29) is 5.56 Å². The fraction of sp³-hybridized carbons (Fsp3) is 0.188. The first kappa shape index (κ1) is 14.1. The number of amides is 1. The third-order valence-corrected chi connectivity index (χ3v) is 3.16. The molecule has 0 bridgehead atoms. The molecule has 3 N–H and O–H groups in total. The normalized spacial score (nSPS) is 10.4. The Morgan fingerprint density at radius 2 is 1.70 bits per heavy atom. The largest absolute Gasteiger partial charge is 0.399 e. The lowest BCUT2D eigenvalue weighted by Gasteiger charge is -2.13. The molecule has 0 saturated heterocycles. The molecule has 0 aliphatic rings. The second-order valence-corrected chi connectivity index (χ2v) is 4.97. The Hall–Kier alpha value is -2.36. The van der Waals surface area contributed by atoms with Crippen LogP contribution in [-0.2, 0) is 0 Å². The van der Waals surface area contributed by atoms with Gasteiger partial charge in [-0.1, -0.05) is 11.6 Å². The quantitative estimate of drug-likeness (QED) is 0.821. The van der Waals surface area contributed by atoms with Crippen molar-refractivity contribution in [1.82, 2.24) is 0 Å². The van der Waals surface area contributed by atoms with Gasteiger partial charge >= 0.3 is 0 Å². The number of nitrogen functional groups attached to an aromatic ring is 1. The lowest BCUT2D eigenvalue weighted by Crippen LogP contribution is -2.15. The van der Waals surface area contributed by atoms with Gasteiger partial charge in [0.05, 0.1) is 5.56 Å². The lowest BCUT2D eigenvalue weighted by atomic mass is 10.1. The van der Waals surface area contributed by atoms with E-state index >= 15 is 0 Å². The fourth-order valence-corrected chi connectivity index (χ4v) is 2.19. The molecule has 0 saturated carbocycles. The molecule has 104 valence electrons. The van der Waals surface area contributed by atoms with Crippen LogP contribution in [0.5, 0.6) is 0 Å². The summed E-state index contributed by atoms with van der Waals surface area (Å²) in [5, 5.41) is 2.76. The van der Waals surface area contributed by atoms with E-state index in [1.54, 1.807) is 18.2 Å². The molecule has 0 atom stereocenters. The minimum Gasteiger partial charge on any atom is -0.399 e. The Morgan fingerprint density at radius 3 is 2.30 bits per heavy atom. The predicted octanol–water partition coefficient (Wildman–Crippen LogP) is 3.59. The summed E-state index contributed by atoms with van der Waals surface area (Å²) in [6.45, 7) is 5.52. The molecule has 0 aliphatic heterocycles. The van der Waals surface area contributed by atoms with Gasteiger partial charge < -0.3 is 11.1 Å². The molecule has 0 radical (unpaired) electrons. The van der Waals surface area contributed by atoms with Gasteiger partial charge in [-0.05, 0) is 56.2 Å². The molecule has 1 amide bonds. The maximum atomic E-state index is 13.7. The molecule has 0 aliphatic carbocycles. The third kappa shape index (κ3) is 2.79. The van der Waals surface area contributed by atoms with E-state index in [0.717, 1.165) is 16.7 Å². The fourth-order valence-electron chi connectivity index (χ4n) is 2.19. The van der Waals surface area contributed by atoms with Gasteiger partial charge in [-0.25, -0.2) is 4.39 Å². The van der Waals surface area contributed by atoms with Crippen LogP contribution in [0.15, 0.2) is 30.3 Å². The average Bonchev–Trinajstić information content (AvgIpc) is 2.36. The number of aryl methyl sites for hydroxylation is 3. The predicted molar refractivity (Wildman–Crippen MR) is 79.4 cm³/mol. The van der Waals surface area contributed by atoms with Crippen LogP contribution in [-0.4, -0.2) is 5.91 Å². The number of carbonyl (C=O) groups excluding carboxylic acids is 1. The van der Waals surface area contributed by atoms with E-state index < -0.39 is 11.7 Å². The smallest absolute Gasteiger partial charge is 0.258 e. The van der Waals surface area contributed by atoms with E-state index in [0.29, 0.717) is 11.4 Å². The molecule has 2 rings (SSSR count). The monoisotopic (exact) mass is 272 g/mol. The number of nitrogens with two attached hydrogens (primary N) is 1. The summed E-state index contributed by atoms with van der Waals surface area (Å²) in [7, 11) is 0. The number of anilines is 2. The Labute approximate surface area is 117 Å². The standard InChI is InChI=1S/C16H17FN2O/c1-9-4-5-14(17)13(6-9)16(20)19-15-10(2)7-12(18)8-11(15)3/h4-8H,18H2,1-3H3,(H,19,20). The van der Waals surface area contributed by atoms with Crippen molar-refractivity contribution in [2.75, 3.05) is 11.1 Å². The zero-order chi connectivity index (χ0) is 14.9. The molecule has 0 unspecified atom stereocenters. The summed E-state index contributed by atoms with van der Waals surface area (Å²) in [5.74, 6) is -0.985. The van der Waals surface area contributed by atoms with Crippen LogP contribution in [0.3, 0.4) is 0 Å². The molecular formula is C16H17FN2O. The molecule has 2 aromatic rings. The Morgan fingerprint density at radius 1 is 1.10 bits per heavy atom. The molecule has 0 heterocycles. The first-order valence-corrected chi connectivity index (χ1v) is 6.32. The maximum Gasteiger partial charge on any atom is 0.258 e. The highest BCUT2D eigenvalue weighted by molar-refractivity contribution is 6.05. The van der Waals surface area contributed by atoms with E-state index in [1.807, 2.05) is 20.8 Å². The first-order valence-electron chi connectivity index (χ1n) is 6.32. The van der Waals surface area contributed by atoms with Crippen molar-refractivity contribution in [2.24, 2.45) is 0 Å². The van der Waals surface area contributed by atoms with E-state index in [1.165, 1.54) is 12.1 Å². The van der Waals surface area contributed by atoms with Crippen LogP contribution in [0.2, 0.25) is 0 Å². The number of halogens is 1. The van der Waals surface area contributed by atoms with Crippen molar-refractivity contribution in [3.63, 3.8) is 0 Å². The highest BCUT2D eigenvalue weighted by Gasteiger charge is 2.14. The SMILES string of the molecule is Cc1ccc(F)c(C(=O)Nc2c(C)cc(N)cc2C)c1. The molecule has 2 aromatic carbocycles. The van der Waals surface area contributed by atoms with E-state index in [2.05, 4.69) is 5.32 Å². The zero-order valence-electron chi connectivity index (χ0n) is 11.8. The number of rotatable bonds is 2. The maximum absolute atomic E-state index is 13.7. The minimum absolute atomic E-state index is 0.0422. The molecule has 0 spiro atoms. The zero-order valence-corrected chi connectivity index (χ0v) is 11.8. The van der Waals surface area contributed by atoms with Crippen molar-refractivity contribution < 1.29 is 9.18 Å². The Balaban J connectivity index is 2.35. The van der Waals surface area contributed by atoms with Crippen LogP contribution in [0.25, 0.3) is 0 Å². The third-order valence-electron chi connectivity index (χ3n) is 3.16. The van der Waals surface area contributed by atoms with Crippen LogP contribution < -0.4 is 11.1 Å². The molecular weight excluding hydrogens is 255 g/mol. The highest BCUT2D eigenvalue weighted by Crippen LogP contribution is 2.24. The van der Waals surface area contributed by atoms with Crippen molar-refractivity contribution in [3.8, 4) is 0 Å². The van der Waals surface area contributed by atoms with Gasteiger partial charge in [-0.3, -0.25) is 4.79 Å². The Kier molecular flexibility index (Phi) is 3.74. The minimum atomic E-state index is -0.529. The topological polar surface area (TPSA) is 55.1 Å². The Bertz CT molecular complexity index is 657. The summed E-state index contributed by atoms with van der Waals surface area (Å²) >= 11 is 0. The summed E-state index contributed by atoms with van der Waals surface area (Å²) < 4.78 is 13.7. The van der Waals surface area contributed by atoms with Crippen LogP contribution >= 0.6 is 0 Å². The summed E-state index contributed by atoms with van der Waals surface area (Å²) in [6.07, 6.45) is 0. The molecule has 0 fully saturated rings. The summed E-state index contributed by atoms with van der Waals surface area (Å²) in [6, 6.07) is 8.01. The van der Waals surface area contributed by atoms with Crippen LogP contribution in [0, 0.1) is 26.6 Å². The highest BCUT2D eigenvalue weighted by atomic mass is 19.1. The number of hydrogen-bond acceptors (Lipinski definition) is 2. The number of benzene rings is 2. The van der Waals surface area contributed by atoms with Crippen molar-refractivity contribution in [1.29, 1.82) is 0 Å². The summed E-state index contributed by atoms with van der Waals surface area (Å²) in [4.78, 5) is 12.2. The molecule has 3 nitrogen and oxygen atoms in total.